The van der Waals surface area contributed by atoms with Crippen molar-refractivity contribution in [3.8, 4) is 0 Å². The van der Waals surface area contributed by atoms with E-state index in [1.165, 1.54) is 11.3 Å². The first-order valence-electron chi connectivity index (χ1n) is 6.11. The minimum Gasteiger partial charge on any atom is -0.365 e. The molecule has 16 heavy (non-hydrogen) atoms. The fourth-order valence-corrected chi connectivity index (χ4v) is 2.12. The molecule has 0 bridgehead atoms. The van der Waals surface area contributed by atoms with Gasteiger partial charge in [-0.2, -0.15) is 0 Å². The van der Waals surface area contributed by atoms with Crippen molar-refractivity contribution in [1.82, 2.24) is 0 Å². The summed E-state index contributed by atoms with van der Waals surface area (Å²) in [5.41, 5.74) is 8.56. The zero-order valence-electron chi connectivity index (χ0n) is 11.0. The molecule has 2 nitrogen and oxygen atoms in total. The molecule has 0 aliphatic rings. The number of benzene rings is 1. The van der Waals surface area contributed by atoms with Gasteiger partial charge in [-0.3, -0.25) is 0 Å². The molecule has 1 atom stereocenters. The molecule has 1 aromatic rings. The fourth-order valence-electron chi connectivity index (χ4n) is 2.12. The van der Waals surface area contributed by atoms with E-state index in [9.17, 15) is 0 Å². The van der Waals surface area contributed by atoms with Crippen LogP contribution in [0.5, 0.6) is 0 Å². The van der Waals surface area contributed by atoms with E-state index in [0.29, 0.717) is 6.54 Å². The first-order valence-corrected chi connectivity index (χ1v) is 6.11. The molecule has 0 amide bonds. The minimum atomic E-state index is 0.0581. The van der Waals surface area contributed by atoms with Crippen LogP contribution in [0.3, 0.4) is 0 Å². The Morgan fingerprint density at radius 2 is 2.00 bits per heavy atom. The molecule has 90 valence electrons. The molecule has 1 unspecified atom stereocenters. The molecule has 0 aromatic heterocycles. The Morgan fingerprint density at radius 1 is 1.31 bits per heavy atom. The van der Waals surface area contributed by atoms with Gasteiger partial charge in [0.15, 0.2) is 0 Å². The highest BCUT2D eigenvalue weighted by Crippen LogP contribution is 2.26. The molecule has 2 N–H and O–H groups in total. The number of likely N-dealkylation sites (N-methyl/N-ethyl adjacent to an activating group) is 1. The summed E-state index contributed by atoms with van der Waals surface area (Å²) in [6, 6.07) is 8.64. The Hall–Kier alpha value is -1.02. The lowest BCUT2D eigenvalue weighted by Crippen LogP contribution is -2.51. The number of aryl methyl sites for hydroxylation is 1. The third kappa shape index (κ3) is 2.56. The summed E-state index contributed by atoms with van der Waals surface area (Å²) in [5, 5.41) is 0. The Bertz CT molecular complexity index is 329. The highest BCUT2D eigenvalue weighted by Gasteiger charge is 2.27. The molecule has 1 aromatic carbocycles. The first kappa shape index (κ1) is 13.0. The Kier molecular flexibility index (Phi) is 4.36. The zero-order chi connectivity index (χ0) is 12.2. The SMILES string of the molecule is CCN(c1cccc(C)c1)C(C)(CC)CN. The molecule has 0 aliphatic carbocycles. The van der Waals surface area contributed by atoms with Gasteiger partial charge in [-0.25, -0.2) is 0 Å². The van der Waals surface area contributed by atoms with Crippen LogP contribution < -0.4 is 10.6 Å². The molecule has 0 saturated carbocycles. The van der Waals surface area contributed by atoms with E-state index in [-0.39, 0.29) is 5.54 Å². The van der Waals surface area contributed by atoms with Gasteiger partial charge in [0.25, 0.3) is 0 Å². The molecule has 0 heterocycles. The van der Waals surface area contributed by atoms with E-state index in [0.717, 1.165) is 13.0 Å². The molecule has 1 rings (SSSR count). The van der Waals surface area contributed by atoms with Crippen LogP contribution in [0.4, 0.5) is 5.69 Å². The van der Waals surface area contributed by atoms with Crippen LogP contribution in [0.2, 0.25) is 0 Å². The van der Waals surface area contributed by atoms with Gasteiger partial charge in [0, 0.05) is 24.3 Å². The predicted octanol–water partition coefficient (Wildman–Crippen LogP) is 2.95. The maximum absolute atomic E-state index is 5.93. The van der Waals surface area contributed by atoms with Crippen LogP contribution >= 0.6 is 0 Å². The smallest absolute Gasteiger partial charge is 0.0493 e. The third-order valence-corrected chi connectivity index (χ3v) is 3.48. The van der Waals surface area contributed by atoms with Gasteiger partial charge in [0.2, 0.25) is 0 Å². The van der Waals surface area contributed by atoms with Crippen LogP contribution in [-0.4, -0.2) is 18.6 Å². The van der Waals surface area contributed by atoms with Crippen LogP contribution in [0.1, 0.15) is 32.8 Å². The molecule has 0 radical (unpaired) electrons. The number of rotatable bonds is 5. The summed E-state index contributed by atoms with van der Waals surface area (Å²) in [6.45, 7) is 10.4. The lowest BCUT2D eigenvalue weighted by molar-refractivity contribution is 0.421. The topological polar surface area (TPSA) is 29.3 Å². The summed E-state index contributed by atoms with van der Waals surface area (Å²) in [4.78, 5) is 2.40. The average molecular weight is 220 g/mol. The Balaban J connectivity index is 3.06. The first-order chi connectivity index (χ1) is 7.57. The summed E-state index contributed by atoms with van der Waals surface area (Å²) in [6.07, 6.45) is 1.06. The Morgan fingerprint density at radius 3 is 2.44 bits per heavy atom. The second-order valence-electron chi connectivity index (χ2n) is 4.64. The quantitative estimate of drug-likeness (QED) is 0.826. The lowest BCUT2D eigenvalue weighted by Gasteiger charge is -2.41. The van der Waals surface area contributed by atoms with Gasteiger partial charge in [-0.05, 0) is 44.9 Å². The van der Waals surface area contributed by atoms with E-state index in [1.807, 2.05) is 0 Å². The number of hydrogen-bond acceptors (Lipinski definition) is 2. The molecular weight excluding hydrogens is 196 g/mol. The van der Waals surface area contributed by atoms with E-state index in [4.69, 9.17) is 5.73 Å². The number of anilines is 1. The van der Waals surface area contributed by atoms with Crippen molar-refractivity contribution in [3.05, 3.63) is 29.8 Å². The second-order valence-corrected chi connectivity index (χ2v) is 4.64. The highest BCUT2D eigenvalue weighted by molar-refractivity contribution is 5.50. The van der Waals surface area contributed by atoms with Gasteiger partial charge in [-0.1, -0.05) is 19.1 Å². The maximum atomic E-state index is 5.93. The lowest BCUT2D eigenvalue weighted by atomic mass is 9.95. The van der Waals surface area contributed by atoms with Gasteiger partial charge < -0.3 is 10.6 Å². The summed E-state index contributed by atoms with van der Waals surface area (Å²) in [5.74, 6) is 0. The number of hydrogen-bond donors (Lipinski definition) is 1. The van der Waals surface area contributed by atoms with E-state index in [1.54, 1.807) is 0 Å². The molecule has 0 aliphatic heterocycles. The molecule has 2 heteroatoms. The van der Waals surface area contributed by atoms with E-state index in [2.05, 4.69) is 56.9 Å². The zero-order valence-corrected chi connectivity index (χ0v) is 11.0. The number of nitrogens with two attached hydrogens (primary N) is 1. The monoisotopic (exact) mass is 220 g/mol. The van der Waals surface area contributed by atoms with E-state index < -0.39 is 0 Å². The summed E-state index contributed by atoms with van der Waals surface area (Å²) in [7, 11) is 0. The average Bonchev–Trinajstić information content (AvgIpc) is 2.30. The summed E-state index contributed by atoms with van der Waals surface area (Å²) >= 11 is 0. The standard InChI is InChI=1S/C14H24N2/c1-5-14(4,11-15)16(6-2)13-9-7-8-12(3)10-13/h7-10H,5-6,11,15H2,1-4H3. The van der Waals surface area contributed by atoms with Crippen LogP contribution in [0.25, 0.3) is 0 Å². The summed E-state index contributed by atoms with van der Waals surface area (Å²) < 4.78 is 0. The largest absolute Gasteiger partial charge is 0.365 e. The molecular formula is C14H24N2. The molecule has 0 spiro atoms. The van der Waals surface area contributed by atoms with E-state index >= 15 is 0 Å². The van der Waals surface area contributed by atoms with Gasteiger partial charge in [0.05, 0.1) is 0 Å². The number of nitrogens with zero attached hydrogens (tertiary/aromatic N) is 1. The van der Waals surface area contributed by atoms with Crippen molar-refractivity contribution in [3.63, 3.8) is 0 Å². The Labute approximate surface area is 99.5 Å². The second kappa shape index (κ2) is 5.35. The maximum Gasteiger partial charge on any atom is 0.0493 e. The van der Waals surface area contributed by atoms with Crippen LogP contribution in [0, 0.1) is 6.92 Å². The third-order valence-electron chi connectivity index (χ3n) is 3.48. The van der Waals surface area contributed by atoms with Gasteiger partial charge in [0.1, 0.15) is 0 Å². The fraction of sp³-hybridized carbons (Fsp3) is 0.571. The van der Waals surface area contributed by atoms with Crippen molar-refractivity contribution in [1.29, 1.82) is 0 Å². The van der Waals surface area contributed by atoms with Crippen molar-refractivity contribution >= 4 is 5.69 Å². The highest BCUT2D eigenvalue weighted by atomic mass is 15.2. The molecule has 0 fully saturated rings. The molecule has 0 saturated heterocycles. The predicted molar refractivity (Wildman–Crippen MR) is 71.9 cm³/mol. The van der Waals surface area contributed by atoms with Crippen molar-refractivity contribution in [2.45, 2.75) is 39.7 Å². The van der Waals surface area contributed by atoms with Crippen LogP contribution in [-0.2, 0) is 0 Å². The van der Waals surface area contributed by atoms with Gasteiger partial charge >= 0.3 is 0 Å². The van der Waals surface area contributed by atoms with Gasteiger partial charge in [-0.15, -0.1) is 0 Å². The van der Waals surface area contributed by atoms with Crippen LogP contribution in [0.15, 0.2) is 24.3 Å². The van der Waals surface area contributed by atoms with Crippen molar-refractivity contribution in [2.75, 3.05) is 18.0 Å². The minimum absolute atomic E-state index is 0.0581. The van der Waals surface area contributed by atoms with Crippen molar-refractivity contribution < 1.29 is 0 Å². The normalized spacial score (nSPS) is 14.6. The van der Waals surface area contributed by atoms with Crippen molar-refractivity contribution in [2.24, 2.45) is 5.73 Å².